The van der Waals surface area contributed by atoms with E-state index in [0.29, 0.717) is 30.6 Å². The first-order chi connectivity index (χ1) is 18.7. The second kappa shape index (κ2) is 11.5. The van der Waals surface area contributed by atoms with Crippen molar-refractivity contribution >= 4 is 0 Å². The van der Waals surface area contributed by atoms with Crippen LogP contribution in [-0.4, -0.2) is 33.6 Å². The van der Waals surface area contributed by atoms with Gasteiger partial charge in [0.25, 0.3) is 0 Å². The largest absolute Gasteiger partial charge is 0.393 e. The van der Waals surface area contributed by atoms with Crippen LogP contribution in [0, 0.1) is 23.2 Å². The van der Waals surface area contributed by atoms with Gasteiger partial charge >= 0.3 is 0 Å². The highest BCUT2D eigenvalue weighted by atomic mass is 16.3. The summed E-state index contributed by atoms with van der Waals surface area (Å²) in [4.78, 5) is 0. The van der Waals surface area contributed by atoms with Gasteiger partial charge in [-0.15, -0.1) is 0 Å². The first kappa shape index (κ1) is 28.6. The van der Waals surface area contributed by atoms with E-state index in [2.05, 4.69) is 75.9 Å². The molecule has 4 fully saturated rings. The number of aliphatic hydroxyl groups is 3. The van der Waals surface area contributed by atoms with Gasteiger partial charge in [0.15, 0.2) is 0 Å². The molecule has 4 saturated carbocycles. The van der Waals surface area contributed by atoms with Crippen LogP contribution in [0.3, 0.4) is 0 Å². The fourth-order valence-corrected chi connectivity index (χ4v) is 8.42. The molecule has 4 aliphatic carbocycles. The van der Waals surface area contributed by atoms with Crippen LogP contribution in [0.15, 0.2) is 71.9 Å². The third-order valence-electron chi connectivity index (χ3n) is 10.9. The van der Waals surface area contributed by atoms with Crippen molar-refractivity contribution in [2.75, 3.05) is 0 Å². The number of allylic oxidation sites excluding steroid dienone is 4. The minimum atomic E-state index is -0.635. The molecule has 1 aromatic rings. The Morgan fingerprint density at radius 1 is 1.10 bits per heavy atom. The van der Waals surface area contributed by atoms with Crippen molar-refractivity contribution < 1.29 is 15.3 Å². The van der Waals surface area contributed by atoms with Crippen molar-refractivity contribution in [2.45, 2.75) is 115 Å². The molecule has 3 heteroatoms. The van der Waals surface area contributed by atoms with Crippen molar-refractivity contribution in [3.8, 4) is 0 Å². The van der Waals surface area contributed by atoms with Gasteiger partial charge in [0.2, 0.25) is 0 Å². The zero-order valence-corrected chi connectivity index (χ0v) is 24.4. The lowest BCUT2D eigenvalue weighted by Gasteiger charge is -2.44. The second-order valence-corrected chi connectivity index (χ2v) is 13.5. The minimum Gasteiger partial charge on any atom is -0.393 e. The van der Waals surface area contributed by atoms with Crippen molar-refractivity contribution in [3.05, 3.63) is 83.0 Å². The molecule has 1 aromatic carbocycles. The van der Waals surface area contributed by atoms with Crippen LogP contribution in [-0.2, 0) is 11.8 Å². The van der Waals surface area contributed by atoms with Crippen LogP contribution in [0.25, 0.3) is 0 Å². The lowest BCUT2D eigenvalue weighted by atomic mass is 9.61. The second-order valence-electron chi connectivity index (χ2n) is 13.5. The maximum absolute atomic E-state index is 11.4. The van der Waals surface area contributed by atoms with Crippen molar-refractivity contribution in [2.24, 2.45) is 23.2 Å². The van der Waals surface area contributed by atoms with Crippen LogP contribution in [0.1, 0.15) is 96.1 Å². The van der Waals surface area contributed by atoms with Gasteiger partial charge < -0.3 is 15.3 Å². The predicted molar refractivity (Wildman–Crippen MR) is 160 cm³/mol. The molecule has 0 heterocycles. The third-order valence-corrected chi connectivity index (χ3v) is 10.9. The summed E-state index contributed by atoms with van der Waals surface area (Å²) in [5.74, 6) is 1.62. The van der Waals surface area contributed by atoms with E-state index in [9.17, 15) is 15.3 Å². The molecule has 0 bridgehead atoms. The van der Waals surface area contributed by atoms with E-state index in [1.807, 2.05) is 0 Å². The first-order valence-corrected chi connectivity index (χ1v) is 15.6. The molecular formula is C36H50O3. The van der Waals surface area contributed by atoms with Crippen molar-refractivity contribution in [3.63, 3.8) is 0 Å². The van der Waals surface area contributed by atoms with E-state index in [4.69, 9.17) is 0 Å². The standard InChI is InChI=1S/C36H50O3/c1-5-8-26-9-6-11-29(21-26)36(19-20-36)34(39)17-12-24(2)31-15-16-32-27(10-7-18-35(31,32)4)13-14-28-22-30(37)23-33(38)25(28)3/h6,9,11-14,17,21,24,30-34,37-39H,3,5,7-8,10,15-16,18-20,22-23H2,1-2,4H3/t24-,30-,31-,32+,33+,34-,35-/m1/s1. The monoisotopic (exact) mass is 530 g/mol. The number of aryl methyl sites for hydroxylation is 1. The topological polar surface area (TPSA) is 60.7 Å². The molecule has 212 valence electrons. The summed E-state index contributed by atoms with van der Waals surface area (Å²) in [6.07, 6.45) is 18.7. The summed E-state index contributed by atoms with van der Waals surface area (Å²) in [6.45, 7) is 11.2. The third kappa shape index (κ3) is 5.65. The Hall–Kier alpha value is -1.94. The zero-order valence-electron chi connectivity index (χ0n) is 24.4. The lowest BCUT2D eigenvalue weighted by molar-refractivity contribution is 0.0862. The number of fused-ring (bicyclic) bond motifs is 1. The molecule has 3 N–H and O–H groups in total. The maximum Gasteiger partial charge on any atom is 0.0817 e. The van der Waals surface area contributed by atoms with Gasteiger partial charge in [0.1, 0.15) is 0 Å². The first-order valence-electron chi connectivity index (χ1n) is 15.6. The van der Waals surface area contributed by atoms with E-state index in [0.717, 1.165) is 43.3 Å². The average Bonchev–Trinajstić information content (AvgIpc) is 3.65. The highest BCUT2D eigenvalue weighted by Crippen LogP contribution is 2.60. The van der Waals surface area contributed by atoms with Gasteiger partial charge in [0.05, 0.1) is 18.3 Å². The number of aliphatic hydroxyl groups excluding tert-OH is 3. The smallest absolute Gasteiger partial charge is 0.0817 e. The SMILES string of the molecule is C=C1C(=CC=C2CCC[C@]3(C)[C@@H]([C@H](C)C=C[C@@H](O)C4(c5cccc(CCC)c5)CC4)CC[C@@H]23)C[C@@H](O)C[C@@H]1O. The Morgan fingerprint density at radius 3 is 2.64 bits per heavy atom. The molecule has 0 unspecified atom stereocenters. The fraction of sp³-hybridized carbons (Fsp3) is 0.611. The quantitative estimate of drug-likeness (QED) is 0.308. The maximum atomic E-state index is 11.4. The molecule has 5 rings (SSSR count). The highest BCUT2D eigenvalue weighted by Gasteiger charge is 2.51. The minimum absolute atomic E-state index is 0.0966. The van der Waals surface area contributed by atoms with Crippen LogP contribution in [0.5, 0.6) is 0 Å². The van der Waals surface area contributed by atoms with Gasteiger partial charge in [-0.1, -0.05) is 87.9 Å². The summed E-state index contributed by atoms with van der Waals surface area (Å²) in [6, 6.07) is 8.92. The highest BCUT2D eigenvalue weighted by molar-refractivity contribution is 5.39. The van der Waals surface area contributed by atoms with Gasteiger partial charge in [-0.3, -0.25) is 0 Å². The summed E-state index contributed by atoms with van der Waals surface area (Å²) < 4.78 is 0. The Labute approximate surface area is 236 Å². The Kier molecular flexibility index (Phi) is 8.43. The van der Waals surface area contributed by atoms with Gasteiger partial charge in [-0.05, 0) is 103 Å². The molecule has 0 aromatic heterocycles. The molecule has 3 nitrogen and oxygen atoms in total. The molecule has 0 amide bonds. The van der Waals surface area contributed by atoms with Gasteiger partial charge in [0, 0.05) is 11.8 Å². The van der Waals surface area contributed by atoms with E-state index < -0.39 is 18.3 Å². The van der Waals surface area contributed by atoms with E-state index in [1.54, 1.807) is 0 Å². The molecule has 0 spiro atoms. The molecule has 0 aliphatic heterocycles. The van der Waals surface area contributed by atoms with Crippen LogP contribution in [0.4, 0.5) is 0 Å². The number of hydrogen-bond donors (Lipinski definition) is 3. The predicted octanol–water partition coefficient (Wildman–Crippen LogP) is 7.36. The molecule has 0 saturated heterocycles. The number of rotatable bonds is 8. The van der Waals surface area contributed by atoms with Crippen molar-refractivity contribution in [1.82, 2.24) is 0 Å². The Balaban J connectivity index is 1.28. The summed E-state index contributed by atoms with van der Waals surface area (Å²) >= 11 is 0. The molecule has 0 radical (unpaired) electrons. The molecule has 39 heavy (non-hydrogen) atoms. The van der Waals surface area contributed by atoms with Crippen LogP contribution < -0.4 is 0 Å². The van der Waals surface area contributed by atoms with E-state index >= 15 is 0 Å². The summed E-state index contributed by atoms with van der Waals surface area (Å²) in [5, 5.41) is 31.7. The number of benzene rings is 1. The number of hydrogen-bond acceptors (Lipinski definition) is 3. The fourth-order valence-electron chi connectivity index (χ4n) is 8.42. The lowest BCUT2D eigenvalue weighted by Crippen LogP contribution is -2.35. The van der Waals surface area contributed by atoms with Gasteiger partial charge in [-0.2, -0.15) is 0 Å². The summed E-state index contributed by atoms with van der Waals surface area (Å²) in [7, 11) is 0. The molecular weight excluding hydrogens is 480 g/mol. The van der Waals surface area contributed by atoms with Crippen LogP contribution >= 0.6 is 0 Å². The molecule has 4 aliphatic rings. The van der Waals surface area contributed by atoms with E-state index in [-0.39, 0.29) is 10.8 Å². The Morgan fingerprint density at radius 2 is 1.90 bits per heavy atom. The zero-order chi connectivity index (χ0) is 27.8. The van der Waals surface area contributed by atoms with Gasteiger partial charge in [-0.25, -0.2) is 0 Å². The average molecular weight is 531 g/mol. The van der Waals surface area contributed by atoms with E-state index in [1.165, 1.54) is 42.4 Å². The van der Waals surface area contributed by atoms with Crippen molar-refractivity contribution in [1.29, 1.82) is 0 Å². The normalized spacial score (nSPS) is 35.9. The Bertz CT molecular complexity index is 1140. The summed E-state index contributed by atoms with van der Waals surface area (Å²) in [5.41, 5.74) is 6.15. The van der Waals surface area contributed by atoms with Crippen LogP contribution in [0.2, 0.25) is 0 Å². The molecule has 7 atom stereocenters.